The summed E-state index contributed by atoms with van der Waals surface area (Å²) in [6.07, 6.45) is 2.16. The summed E-state index contributed by atoms with van der Waals surface area (Å²) in [6.45, 7) is 1.93. The molecule has 70 valence electrons. The number of pyridine rings is 1. The van der Waals surface area contributed by atoms with E-state index in [2.05, 4.69) is 4.98 Å². The van der Waals surface area contributed by atoms with Gasteiger partial charge in [-0.15, -0.1) is 0 Å². The third-order valence-electron chi connectivity index (χ3n) is 1.77. The zero-order valence-electron chi connectivity index (χ0n) is 7.57. The molecular weight excluding hydrogens is 170 g/mol. The largest absolute Gasteiger partial charge is 0.495 e. The van der Waals surface area contributed by atoms with E-state index in [0.717, 1.165) is 12.0 Å². The molecular formula is C9H11NO3. The number of carboxylic acids is 1. The van der Waals surface area contributed by atoms with Gasteiger partial charge < -0.3 is 9.84 Å². The summed E-state index contributed by atoms with van der Waals surface area (Å²) in [5.74, 6) is -0.384. The van der Waals surface area contributed by atoms with Crippen LogP contribution < -0.4 is 4.74 Å². The average molecular weight is 181 g/mol. The molecule has 1 heterocycles. The number of ether oxygens (including phenoxy) is 1. The minimum Gasteiger partial charge on any atom is -0.495 e. The average Bonchev–Trinajstić information content (AvgIpc) is 2.16. The Morgan fingerprint density at radius 3 is 2.85 bits per heavy atom. The standard InChI is InChI=1S/C9H11NO3/c1-3-6-4-7(9(11)12)10-5-8(6)13-2/h4-5H,3H2,1-2H3,(H,11,12). The van der Waals surface area contributed by atoms with Crippen LogP contribution in [0.2, 0.25) is 0 Å². The summed E-state index contributed by atoms with van der Waals surface area (Å²) < 4.78 is 5.02. The third kappa shape index (κ3) is 1.96. The minimum absolute atomic E-state index is 0.0534. The van der Waals surface area contributed by atoms with Gasteiger partial charge in [-0.25, -0.2) is 9.78 Å². The highest BCUT2D eigenvalue weighted by atomic mass is 16.5. The van der Waals surface area contributed by atoms with E-state index in [1.165, 1.54) is 19.4 Å². The molecule has 0 radical (unpaired) electrons. The van der Waals surface area contributed by atoms with Gasteiger partial charge in [-0.05, 0) is 18.1 Å². The van der Waals surface area contributed by atoms with Gasteiger partial charge in [-0.1, -0.05) is 6.92 Å². The van der Waals surface area contributed by atoms with Crippen molar-refractivity contribution >= 4 is 5.97 Å². The molecule has 4 nitrogen and oxygen atoms in total. The van der Waals surface area contributed by atoms with E-state index in [1.54, 1.807) is 0 Å². The van der Waals surface area contributed by atoms with Gasteiger partial charge >= 0.3 is 5.97 Å². The second-order valence-corrected chi connectivity index (χ2v) is 2.54. The van der Waals surface area contributed by atoms with Crippen molar-refractivity contribution in [2.45, 2.75) is 13.3 Å². The van der Waals surface area contributed by atoms with Crippen molar-refractivity contribution in [2.75, 3.05) is 7.11 Å². The van der Waals surface area contributed by atoms with E-state index in [1.807, 2.05) is 6.92 Å². The maximum Gasteiger partial charge on any atom is 0.354 e. The van der Waals surface area contributed by atoms with Crippen LogP contribution in [0.3, 0.4) is 0 Å². The summed E-state index contributed by atoms with van der Waals surface area (Å²) in [5.41, 5.74) is 0.910. The molecule has 0 amide bonds. The molecule has 0 unspecified atom stereocenters. The quantitative estimate of drug-likeness (QED) is 0.764. The van der Waals surface area contributed by atoms with Gasteiger partial charge in [-0.2, -0.15) is 0 Å². The van der Waals surface area contributed by atoms with Crippen molar-refractivity contribution in [1.82, 2.24) is 4.98 Å². The number of nitrogens with zero attached hydrogens (tertiary/aromatic N) is 1. The predicted molar refractivity (Wildman–Crippen MR) is 47.1 cm³/mol. The Morgan fingerprint density at radius 2 is 2.38 bits per heavy atom. The van der Waals surface area contributed by atoms with Crippen molar-refractivity contribution < 1.29 is 14.6 Å². The Hall–Kier alpha value is -1.58. The molecule has 0 aliphatic heterocycles. The highest BCUT2D eigenvalue weighted by Crippen LogP contribution is 2.17. The van der Waals surface area contributed by atoms with Crippen LogP contribution in [0.25, 0.3) is 0 Å². The van der Waals surface area contributed by atoms with Gasteiger partial charge in [0.15, 0.2) is 0 Å². The predicted octanol–water partition coefficient (Wildman–Crippen LogP) is 1.35. The summed E-state index contributed by atoms with van der Waals surface area (Å²) in [6, 6.07) is 1.53. The van der Waals surface area contributed by atoms with Crippen LogP contribution in [-0.4, -0.2) is 23.2 Å². The first-order valence-corrected chi connectivity index (χ1v) is 3.95. The van der Waals surface area contributed by atoms with E-state index in [4.69, 9.17) is 9.84 Å². The van der Waals surface area contributed by atoms with E-state index >= 15 is 0 Å². The minimum atomic E-state index is -1.02. The maximum atomic E-state index is 10.6. The van der Waals surface area contributed by atoms with Crippen LogP contribution in [-0.2, 0) is 6.42 Å². The van der Waals surface area contributed by atoms with E-state index in [-0.39, 0.29) is 5.69 Å². The Labute approximate surface area is 76.2 Å². The number of carbonyl (C=O) groups is 1. The van der Waals surface area contributed by atoms with Crippen LogP contribution >= 0.6 is 0 Å². The van der Waals surface area contributed by atoms with Crippen LogP contribution in [0.1, 0.15) is 23.0 Å². The number of carboxylic acid groups (broad SMARTS) is 1. The van der Waals surface area contributed by atoms with Crippen LogP contribution in [0.5, 0.6) is 5.75 Å². The summed E-state index contributed by atoms with van der Waals surface area (Å²) in [4.78, 5) is 14.3. The molecule has 0 bridgehead atoms. The molecule has 1 aromatic rings. The highest BCUT2D eigenvalue weighted by molar-refractivity contribution is 5.85. The molecule has 13 heavy (non-hydrogen) atoms. The lowest BCUT2D eigenvalue weighted by Crippen LogP contribution is -2.02. The maximum absolute atomic E-state index is 10.6. The van der Waals surface area contributed by atoms with Gasteiger partial charge in [-0.3, -0.25) is 0 Å². The molecule has 4 heteroatoms. The lowest BCUT2D eigenvalue weighted by atomic mass is 10.1. The lowest BCUT2D eigenvalue weighted by molar-refractivity contribution is 0.0690. The SMILES string of the molecule is CCc1cc(C(=O)O)ncc1OC. The van der Waals surface area contributed by atoms with E-state index in [0.29, 0.717) is 5.75 Å². The molecule has 0 aromatic carbocycles. The first-order valence-electron chi connectivity index (χ1n) is 3.95. The molecule has 0 fully saturated rings. The van der Waals surface area contributed by atoms with Crippen molar-refractivity contribution in [3.05, 3.63) is 23.5 Å². The fraction of sp³-hybridized carbons (Fsp3) is 0.333. The molecule has 0 aliphatic rings. The van der Waals surface area contributed by atoms with Gasteiger partial charge in [0.05, 0.1) is 13.3 Å². The molecule has 0 spiro atoms. The molecule has 0 saturated carbocycles. The topological polar surface area (TPSA) is 59.4 Å². The van der Waals surface area contributed by atoms with Crippen molar-refractivity contribution in [2.24, 2.45) is 0 Å². The normalized spacial score (nSPS) is 9.69. The number of methoxy groups -OCH3 is 1. The third-order valence-corrected chi connectivity index (χ3v) is 1.77. The van der Waals surface area contributed by atoms with Gasteiger partial charge in [0, 0.05) is 0 Å². The number of aryl methyl sites for hydroxylation is 1. The zero-order chi connectivity index (χ0) is 9.84. The van der Waals surface area contributed by atoms with Gasteiger partial charge in [0.2, 0.25) is 0 Å². The second kappa shape index (κ2) is 3.89. The van der Waals surface area contributed by atoms with Crippen LogP contribution in [0, 0.1) is 0 Å². The first kappa shape index (κ1) is 9.51. The highest BCUT2D eigenvalue weighted by Gasteiger charge is 2.08. The van der Waals surface area contributed by atoms with Crippen molar-refractivity contribution in [3.63, 3.8) is 0 Å². The van der Waals surface area contributed by atoms with Gasteiger partial charge in [0.1, 0.15) is 11.4 Å². The Balaban J connectivity index is 3.13. The molecule has 1 rings (SSSR count). The fourth-order valence-corrected chi connectivity index (χ4v) is 1.06. The molecule has 0 saturated heterocycles. The van der Waals surface area contributed by atoms with E-state index in [9.17, 15) is 4.79 Å². The number of hydrogen-bond donors (Lipinski definition) is 1. The number of hydrogen-bond acceptors (Lipinski definition) is 3. The Kier molecular flexibility index (Phi) is 2.84. The molecule has 1 aromatic heterocycles. The molecule has 0 atom stereocenters. The Bertz CT molecular complexity index is 323. The summed E-state index contributed by atoms with van der Waals surface area (Å²) in [7, 11) is 1.54. The first-order chi connectivity index (χ1) is 6.19. The van der Waals surface area contributed by atoms with Crippen molar-refractivity contribution in [3.8, 4) is 5.75 Å². The summed E-state index contributed by atoms with van der Waals surface area (Å²) >= 11 is 0. The molecule has 0 aliphatic carbocycles. The summed E-state index contributed by atoms with van der Waals surface area (Å²) in [5, 5.41) is 8.67. The smallest absolute Gasteiger partial charge is 0.354 e. The van der Waals surface area contributed by atoms with E-state index < -0.39 is 5.97 Å². The van der Waals surface area contributed by atoms with Gasteiger partial charge in [0.25, 0.3) is 0 Å². The van der Waals surface area contributed by atoms with Crippen LogP contribution in [0.4, 0.5) is 0 Å². The number of rotatable bonds is 3. The number of aromatic nitrogens is 1. The lowest BCUT2D eigenvalue weighted by Gasteiger charge is -2.05. The fourth-order valence-electron chi connectivity index (χ4n) is 1.06. The van der Waals surface area contributed by atoms with Crippen molar-refractivity contribution in [1.29, 1.82) is 0 Å². The molecule has 1 N–H and O–H groups in total. The van der Waals surface area contributed by atoms with Crippen LogP contribution in [0.15, 0.2) is 12.3 Å². The number of aromatic carboxylic acids is 1. The monoisotopic (exact) mass is 181 g/mol. The Morgan fingerprint density at radius 1 is 1.69 bits per heavy atom. The second-order valence-electron chi connectivity index (χ2n) is 2.54. The zero-order valence-corrected chi connectivity index (χ0v) is 7.57.